The predicted octanol–water partition coefficient (Wildman–Crippen LogP) is 3.62. The molecular weight excluding hydrogens is 438 g/mol. The normalized spacial score (nSPS) is 14.9. The van der Waals surface area contributed by atoms with Gasteiger partial charge >= 0.3 is 0 Å². The van der Waals surface area contributed by atoms with E-state index in [1.165, 1.54) is 65.6 Å². The maximum absolute atomic E-state index is 13.8. The van der Waals surface area contributed by atoms with Gasteiger partial charge in [0.15, 0.2) is 0 Å². The van der Waals surface area contributed by atoms with E-state index >= 15 is 0 Å². The SMILES string of the molecule is O=C(NCCN1C(=O)S/C(=C\c2ccccc2F)C1=O)c1cncn1-c1ccc(F)cc1. The second-order valence-electron chi connectivity index (χ2n) is 6.74. The lowest BCUT2D eigenvalue weighted by molar-refractivity contribution is -0.122. The highest BCUT2D eigenvalue weighted by Gasteiger charge is 2.34. The van der Waals surface area contributed by atoms with Gasteiger partial charge in [0.05, 0.1) is 17.4 Å². The van der Waals surface area contributed by atoms with E-state index in [4.69, 9.17) is 0 Å². The van der Waals surface area contributed by atoms with Gasteiger partial charge in [0.1, 0.15) is 17.3 Å². The number of amides is 3. The molecule has 0 saturated carbocycles. The van der Waals surface area contributed by atoms with Gasteiger partial charge in [-0.05, 0) is 48.2 Å². The number of carbonyl (C=O) groups is 3. The highest BCUT2D eigenvalue weighted by atomic mass is 32.2. The highest BCUT2D eigenvalue weighted by Crippen LogP contribution is 2.32. The molecule has 1 aromatic heterocycles. The fraction of sp³-hybridized carbons (Fsp3) is 0.0909. The van der Waals surface area contributed by atoms with Crippen LogP contribution in [0.5, 0.6) is 0 Å². The van der Waals surface area contributed by atoms with E-state index in [1.807, 2.05) is 0 Å². The summed E-state index contributed by atoms with van der Waals surface area (Å²) in [5.74, 6) is -1.92. The Hall–Kier alpha value is -3.79. The first kappa shape index (κ1) is 21.4. The van der Waals surface area contributed by atoms with E-state index in [0.717, 1.165) is 16.7 Å². The molecule has 3 amide bonds. The Bertz CT molecular complexity index is 1220. The number of hydrogen-bond donors (Lipinski definition) is 1. The summed E-state index contributed by atoms with van der Waals surface area (Å²) in [7, 11) is 0. The second-order valence-corrected chi connectivity index (χ2v) is 7.73. The molecule has 10 heteroatoms. The first-order valence-corrected chi connectivity index (χ1v) is 10.3. The summed E-state index contributed by atoms with van der Waals surface area (Å²) in [5.41, 5.74) is 0.976. The molecule has 162 valence electrons. The average Bonchev–Trinajstić information content (AvgIpc) is 3.36. The molecule has 3 aromatic rings. The van der Waals surface area contributed by atoms with E-state index in [0.29, 0.717) is 5.69 Å². The molecule has 32 heavy (non-hydrogen) atoms. The minimum atomic E-state index is -0.547. The molecule has 2 aromatic carbocycles. The minimum Gasteiger partial charge on any atom is -0.349 e. The van der Waals surface area contributed by atoms with E-state index in [1.54, 1.807) is 6.07 Å². The number of aromatic nitrogens is 2. The summed E-state index contributed by atoms with van der Waals surface area (Å²) in [4.78, 5) is 42.4. The van der Waals surface area contributed by atoms with Gasteiger partial charge in [-0.3, -0.25) is 23.9 Å². The molecule has 0 spiro atoms. The first-order chi connectivity index (χ1) is 15.4. The molecule has 0 unspecified atom stereocenters. The van der Waals surface area contributed by atoms with Crippen molar-refractivity contribution in [2.45, 2.75) is 0 Å². The van der Waals surface area contributed by atoms with Gasteiger partial charge in [-0.15, -0.1) is 0 Å². The zero-order chi connectivity index (χ0) is 22.7. The predicted molar refractivity (Wildman–Crippen MR) is 115 cm³/mol. The third-order valence-corrected chi connectivity index (χ3v) is 5.57. The Morgan fingerprint density at radius 2 is 1.84 bits per heavy atom. The largest absolute Gasteiger partial charge is 0.349 e. The quantitative estimate of drug-likeness (QED) is 0.576. The fourth-order valence-electron chi connectivity index (χ4n) is 3.07. The van der Waals surface area contributed by atoms with Crippen LogP contribution in [0, 0.1) is 11.6 Å². The number of thioether (sulfide) groups is 1. The van der Waals surface area contributed by atoms with Crippen molar-refractivity contribution >= 4 is 34.9 Å². The maximum atomic E-state index is 13.8. The van der Waals surface area contributed by atoms with Gasteiger partial charge in [-0.2, -0.15) is 0 Å². The topological polar surface area (TPSA) is 84.3 Å². The molecule has 1 saturated heterocycles. The summed E-state index contributed by atoms with van der Waals surface area (Å²) >= 11 is 0.717. The Kier molecular flexibility index (Phi) is 6.13. The van der Waals surface area contributed by atoms with Crippen LogP contribution < -0.4 is 5.32 Å². The van der Waals surface area contributed by atoms with E-state index in [9.17, 15) is 23.2 Å². The number of halogens is 2. The van der Waals surface area contributed by atoms with Crippen LogP contribution in [0.4, 0.5) is 13.6 Å². The standard InChI is InChI=1S/C22H16F2N4O3S/c23-15-5-7-16(8-6-15)28-13-25-12-18(28)20(29)26-9-10-27-21(30)19(32-22(27)31)11-14-3-1-2-4-17(14)24/h1-8,11-13H,9-10H2,(H,26,29)/b19-11-. The smallest absolute Gasteiger partial charge is 0.293 e. The number of rotatable bonds is 6. The molecule has 0 atom stereocenters. The number of nitrogens with one attached hydrogen (secondary N) is 1. The summed E-state index contributed by atoms with van der Waals surface area (Å²) in [6.45, 7) is -0.0336. The zero-order valence-electron chi connectivity index (χ0n) is 16.5. The fourth-order valence-corrected chi connectivity index (χ4v) is 3.92. The van der Waals surface area contributed by atoms with Crippen LogP contribution in [-0.4, -0.2) is 44.6 Å². The Labute approximate surface area is 185 Å². The van der Waals surface area contributed by atoms with Crippen molar-refractivity contribution < 1.29 is 23.2 Å². The molecule has 1 N–H and O–H groups in total. The third-order valence-electron chi connectivity index (χ3n) is 4.66. The monoisotopic (exact) mass is 454 g/mol. The Morgan fingerprint density at radius 3 is 2.59 bits per heavy atom. The third kappa shape index (κ3) is 4.45. The molecule has 2 heterocycles. The zero-order valence-corrected chi connectivity index (χ0v) is 17.3. The van der Waals surface area contributed by atoms with Crippen molar-refractivity contribution in [2.75, 3.05) is 13.1 Å². The molecule has 1 aliphatic heterocycles. The van der Waals surface area contributed by atoms with Crippen LogP contribution >= 0.6 is 11.8 Å². The van der Waals surface area contributed by atoms with Crippen LogP contribution in [-0.2, 0) is 4.79 Å². The molecular formula is C22H16F2N4O3S. The lowest BCUT2D eigenvalue weighted by Crippen LogP contribution is -2.37. The Morgan fingerprint density at radius 1 is 1.09 bits per heavy atom. The summed E-state index contributed by atoms with van der Waals surface area (Å²) in [6.07, 6.45) is 4.11. The van der Waals surface area contributed by atoms with Gasteiger partial charge in [0.25, 0.3) is 17.1 Å². The van der Waals surface area contributed by atoms with Crippen LogP contribution in [0.25, 0.3) is 11.8 Å². The number of carbonyl (C=O) groups excluding carboxylic acids is 3. The number of imide groups is 1. The van der Waals surface area contributed by atoms with Crippen molar-refractivity contribution in [3.8, 4) is 5.69 Å². The molecule has 0 radical (unpaired) electrons. The van der Waals surface area contributed by atoms with Gasteiger partial charge in [-0.25, -0.2) is 13.8 Å². The van der Waals surface area contributed by atoms with Crippen molar-refractivity contribution in [3.05, 3.63) is 88.9 Å². The van der Waals surface area contributed by atoms with Crippen molar-refractivity contribution in [1.82, 2.24) is 19.8 Å². The number of hydrogen-bond acceptors (Lipinski definition) is 5. The molecule has 7 nitrogen and oxygen atoms in total. The van der Waals surface area contributed by atoms with Crippen LogP contribution in [0.1, 0.15) is 16.1 Å². The lowest BCUT2D eigenvalue weighted by Gasteiger charge is -2.13. The Balaban J connectivity index is 1.39. The second kappa shape index (κ2) is 9.15. The first-order valence-electron chi connectivity index (χ1n) is 9.50. The summed E-state index contributed by atoms with van der Waals surface area (Å²) in [5, 5.41) is 2.14. The van der Waals surface area contributed by atoms with Gasteiger partial charge in [0, 0.05) is 24.3 Å². The van der Waals surface area contributed by atoms with Gasteiger partial charge < -0.3 is 5.32 Å². The van der Waals surface area contributed by atoms with Crippen molar-refractivity contribution in [3.63, 3.8) is 0 Å². The van der Waals surface area contributed by atoms with Crippen molar-refractivity contribution in [1.29, 1.82) is 0 Å². The molecule has 1 aliphatic rings. The summed E-state index contributed by atoms with van der Waals surface area (Å²) in [6, 6.07) is 11.5. The number of nitrogens with zero attached hydrogens (tertiary/aromatic N) is 3. The molecule has 1 fully saturated rings. The van der Waals surface area contributed by atoms with Crippen molar-refractivity contribution in [2.24, 2.45) is 0 Å². The van der Waals surface area contributed by atoms with E-state index in [-0.39, 0.29) is 29.3 Å². The average molecular weight is 454 g/mol. The molecule has 4 rings (SSSR count). The summed E-state index contributed by atoms with van der Waals surface area (Å²) < 4.78 is 28.5. The number of imidazole rings is 1. The molecule has 0 bridgehead atoms. The minimum absolute atomic E-state index is 0.0124. The van der Waals surface area contributed by atoms with Crippen LogP contribution in [0.3, 0.4) is 0 Å². The highest BCUT2D eigenvalue weighted by molar-refractivity contribution is 8.18. The maximum Gasteiger partial charge on any atom is 0.293 e. The van der Waals surface area contributed by atoms with E-state index in [2.05, 4.69) is 10.3 Å². The lowest BCUT2D eigenvalue weighted by atomic mass is 10.2. The van der Waals surface area contributed by atoms with E-state index < -0.39 is 28.7 Å². The number of benzene rings is 2. The van der Waals surface area contributed by atoms with Crippen LogP contribution in [0.2, 0.25) is 0 Å². The molecule has 0 aliphatic carbocycles. The van der Waals surface area contributed by atoms with Gasteiger partial charge in [0.2, 0.25) is 0 Å². The van der Waals surface area contributed by atoms with Crippen LogP contribution in [0.15, 0.2) is 66.0 Å². The van der Waals surface area contributed by atoms with Gasteiger partial charge in [-0.1, -0.05) is 18.2 Å².